The monoisotopic (exact) mass is 452 g/mol. The van der Waals surface area contributed by atoms with Crippen LogP contribution in [0.2, 0.25) is 0 Å². The summed E-state index contributed by atoms with van der Waals surface area (Å²) in [4.78, 5) is 0. The lowest BCUT2D eigenvalue weighted by molar-refractivity contribution is 0.115. The van der Waals surface area contributed by atoms with Crippen LogP contribution < -0.4 is 0 Å². The van der Waals surface area contributed by atoms with Gasteiger partial charge in [-0.1, -0.05) is 42.8 Å². The molecule has 4 atom stereocenters. The van der Waals surface area contributed by atoms with E-state index in [2.05, 4.69) is 13.2 Å². The molecule has 3 heteroatoms. The third-order valence-corrected chi connectivity index (χ3v) is 8.04. The second kappa shape index (κ2) is 10.8. The summed E-state index contributed by atoms with van der Waals surface area (Å²) >= 11 is 0. The van der Waals surface area contributed by atoms with Crippen LogP contribution in [-0.4, -0.2) is 0 Å². The van der Waals surface area contributed by atoms with Crippen LogP contribution in [0.25, 0.3) is 11.1 Å². The summed E-state index contributed by atoms with van der Waals surface area (Å²) in [5.41, 5.74) is 1.40. The Balaban J connectivity index is 1.46. The average molecular weight is 453 g/mol. The lowest BCUT2D eigenvalue weighted by atomic mass is 9.63. The number of rotatable bonds is 8. The molecule has 0 radical (unpaired) electrons. The molecule has 33 heavy (non-hydrogen) atoms. The van der Waals surface area contributed by atoms with Crippen LogP contribution >= 0.6 is 0 Å². The lowest BCUT2D eigenvalue weighted by Gasteiger charge is -2.42. The zero-order chi connectivity index (χ0) is 23.4. The summed E-state index contributed by atoms with van der Waals surface area (Å²) in [7, 11) is 0. The van der Waals surface area contributed by atoms with Gasteiger partial charge in [-0.05, 0) is 98.7 Å². The highest BCUT2D eigenvalue weighted by Crippen LogP contribution is 2.48. The van der Waals surface area contributed by atoms with Crippen molar-refractivity contribution in [3.05, 3.63) is 84.2 Å². The SMILES string of the molecule is C=CCCc1ccc(-c2ccc(C3CCC4CC(CCC=C)CCC4C3)cc2F)c(F)c1F. The molecule has 2 aliphatic carbocycles. The van der Waals surface area contributed by atoms with Gasteiger partial charge in [-0.15, -0.1) is 13.2 Å². The fraction of sp³-hybridized carbons (Fsp3) is 0.467. The fourth-order valence-corrected chi connectivity index (χ4v) is 6.16. The Kier molecular flexibility index (Phi) is 7.78. The number of benzene rings is 2. The van der Waals surface area contributed by atoms with Gasteiger partial charge in [0.2, 0.25) is 0 Å². The number of hydrogen-bond acceptors (Lipinski definition) is 0. The van der Waals surface area contributed by atoms with Gasteiger partial charge in [-0.2, -0.15) is 0 Å². The minimum atomic E-state index is -0.975. The highest BCUT2D eigenvalue weighted by molar-refractivity contribution is 5.66. The van der Waals surface area contributed by atoms with E-state index in [-0.39, 0.29) is 11.1 Å². The van der Waals surface area contributed by atoms with Gasteiger partial charge in [0, 0.05) is 11.1 Å². The van der Waals surface area contributed by atoms with Crippen molar-refractivity contribution in [1.82, 2.24) is 0 Å². The van der Waals surface area contributed by atoms with Crippen LogP contribution in [0.1, 0.15) is 74.8 Å². The van der Waals surface area contributed by atoms with Crippen molar-refractivity contribution >= 4 is 0 Å². The van der Waals surface area contributed by atoms with Crippen molar-refractivity contribution in [1.29, 1.82) is 0 Å². The standard InChI is InChI=1S/C30H35F3/c1-3-5-7-20-9-10-23-18-24(12-11-22(23)17-20)25-14-15-26(28(31)19-25)27-16-13-21(8-6-4-2)29(32)30(27)33/h3-4,13-16,19-20,22-24H,1-2,5-12,17-18H2. The molecule has 4 unspecified atom stereocenters. The predicted molar refractivity (Wildman–Crippen MR) is 131 cm³/mol. The average Bonchev–Trinajstić information content (AvgIpc) is 2.83. The van der Waals surface area contributed by atoms with Crippen molar-refractivity contribution in [2.24, 2.45) is 17.8 Å². The second-order valence-electron chi connectivity index (χ2n) is 10.0. The number of aryl methyl sites for hydroxylation is 1. The molecule has 0 aliphatic heterocycles. The van der Waals surface area contributed by atoms with E-state index in [9.17, 15) is 8.78 Å². The number of allylic oxidation sites excluding steroid dienone is 2. The van der Waals surface area contributed by atoms with Gasteiger partial charge in [0.25, 0.3) is 0 Å². The summed E-state index contributed by atoms with van der Waals surface area (Å²) in [6.07, 6.45) is 14.3. The molecule has 176 valence electrons. The Hall–Kier alpha value is -2.29. The first-order valence-corrected chi connectivity index (χ1v) is 12.5. The molecule has 0 saturated heterocycles. The van der Waals surface area contributed by atoms with Gasteiger partial charge < -0.3 is 0 Å². The summed E-state index contributed by atoms with van der Waals surface area (Å²) in [6, 6.07) is 8.15. The van der Waals surface area contributed by atoms with Gasteiger partial charge in [0.05, 0.1) is 0 Å². The van der Waals surface area contributed by atoms with Crippen molar-refractivity contribution < 1.29 is 13.2 Å². The third kappa shape index (κ3) is 5.28. The molecular formula is C30H35F3. The van der Waals surface area contributed by atoms with E-state index >= 15 is 4.39 Å². The first-order valence-electron chi connectivity index (χ1n) is 12.5. The minimum Gasteiger partial charge on any atom is -0.206 e. The molecule has 2 aromatic carbocycles. The van der Waals surface area contributed by atoms with E-state index in [1.165, 1.54) is 38.2 Å². The molecule has 0 amide bonds. The first kappa shape index (κ1) is 23.9. The summed E-state index contributed by atoms with van der Waals surface area (Å²) < 4.78 is 44.3. The van der Waals surface area contributed by atoms with E-state index in [0.29, 0.717) is 24.3 Å². The maximum Gasteiger partial charge on any atom is 0.167 e. The molecular weight excluding hydrogens is 417 g/mol. The van der Waals surface area contributed by atoms with Crippen LogP contribution in [0.3, 0.4) is 0 Å². The van der Waals surface area contributed by atoms with Crippen LogP contribution in [-0.2, 0) is 6.42 Å². The number of fused-ring (bicyclic) bond motifs is 1. The molecule has 2 aromatic rings. The topological polar surface area (TPSA) is 0 Å². The lowest BCUT2D eigenvalue weighted by Crippen LogP contribution is -2.30. The van der Waals surface area contributed by atoms with Crippen LogP contribution in [0.4, 0.5) is 13.2 Å². The molecule has 0 aromatic heterocycles. The van der Waals surface area contributed by atoms with Gasteiger partial charge in [-0.3, -0.25) is 0 Å². The largest absolute Gasteiger partial charge is 0.206 e. The Bertz CT molecular complexity index is 992. The molecule has 2 saturated carbocycles. The quantitative estimate of drug-likeness (QED) is 0.350. The Morgan fingerprint density at radius 3 is 2.27 bits per heavy atom. The molecule has 0 nitrogen and oxygen atoms in total. The van der Waals surface area contributed by atoms with E-state index in [1.807, 2.05) is 12.1 Å². The van der Waals surface area contributed by atoms with Crippen molar-refractivity contribution in [2.75, 3.05) is 0 Å². The molecule has 4 rings (SSSR count). The van der Waals surface area contributed by atoms with Crippen molar-refractivity contribution in [3.63, 3.8) is 0 Å². The molecule has 0 heterocycles. The zero-order valence-electron chi connectivity index (χ0n) is 19.5. The highest BCUT2D eigenvalue weighted by Gasteiger charge is 2.36. The molecule has 0 bridgehead atoms. The number of hydrogen-bond donors (Lipinski definition) is 0. The Morgan fingerprint density at radius 1 is 0.788 bits per heavy atom. The second-order valence-corrected chi connectivity index (χ2v) is 10.0. The van der Waals surface area contributed by atoms with Gasteiger partial charge in [-0.25, -0.2) is 13.2 Å². The normalized spacial score (nSPS) is 24.8. The molecule has 2 aliphatic rings. The van der Waals surface area contributed by atoms with Crippen molar-refractivity contribution in [2.45, 2.75) is 70.1 Å². The fourth-order valence-electron chi connectivity index (χ4n) is 6.16. The maximum atomic E-state index is 15.1. The van der Waals surface area contributed by atoms with Crippen LogP contribution in [0.5, 0.6) is 0 Å². The van der Waals surface area contributed by atoms with E-state index in [4.69, 9.17) is 0 Å². The third-order valence-electron chi connectivity index (χ3n) is 8.04. The van der Waals surface area contributed by atoms with E-state index in [1.54, 1.807) is 24.3 Å². The van der Waals surface area contributed by atoms with E-state index < -0.39 is 17.5 Å². The van der Waals surface area contributed by atoms with Gasteiger partial charge in [0.15, 0.2) is 11.6 Å². The smallest absolute Gasteiger partial charge is 0.167 e. The summed E-state index contributed by atoms with van der Waals surface area (Å²) in [6.45, 7) is 7.47. The molecule has 2 fully saturated rings. The highest BCUT2D eigenvalue weighted by atomic mass is 19.2. The van der Waals surface area contributed by atoms with Crippen LogP contribution in [0, 0.1) is 35.2 Å². The summed E-state index contributed by atoms with van der Waals surface area (Å²) in [5, 5.41) is 0. The Morgan fingerprint density at radius 2 is 1.52 bits per heavy atom. The molecule has 0 spiro atoms. The van der Waals surface area contributed by atoms with Crippen molar-refractivity contribution in [3.8, 4) is 11.1 Å². The summed E-state index contributed by atoms with van der Waals surface area (Å²) in [5.74, 6) is 0.363. The van der Waals surface area contributed by atoms with Gasteiger partial charge >= 0.3 is 0 Å². The predicted octanol–water partition coefficient (Wildman–Crippen LogP) is 9.16. The number of halogens is 3. The van der Waals surface area contributed by atoms with Crippen LogP contribution in [0.15, 0.2) is 55.6 Å². The maximum absolute atomic E-state index is 15.1. The Labute approximate surface area is 196 Å². The molecule has 0 N–H and O–H groups in total. The zero-order valence-corrected chi connectivity index (χ0v) is 19.5. The van der Waals surface area contributed by atoms with E-state index in [0.717, 1.165) is 42.6 Å². The van der Waals surface area contributed by atoms with Gasteiger partial charge in [0.1, 0.15) is 5.82 Å². The first-order chi connectivity index (χ1) is 16.0. The minimum absolute atomic E-state index is 0.0135.